The number of hydrogen-bond acceptors (Lipinski definition) is 2. The van der Waals surface area contributed by atoms with Gasteiger partial charge in [-0.25, -0.2) is 0 Å². The molecule has 0 fully saturated rings. The van der Waals surface area contributed by atoms with Gasteiger partial charge < -0.3 is 5.11 Å². The van der Waals surface area contributed by atoms with Gasteiger partial charge in [0, 0.05) is 36.8 Å². The second-order valence-electron chi connectivity index (χ2n) is 6.31. The first kappa shape index (κ1) is 16.4. The van der Waals surface area contributed by atoms with Gasteiger partial charge in [-0.3, -0.25) is 4.98 Å². The predicted molar refractivity (Wildman–Crippen MR) is 107 cm³/mol. The van der Waals surface area contributed by atoms with Crippen LogP contribution < -0.4 is 4.57 Å². The summed E-state index contributed by atoms with van der Waals surface area (Å²) in [4.78, 5) is 4.44. The topological polar surface area (TPSA) is 37.0 Å². The Morgan fingerprint density at radius 3 is 2.58 bits per heavy atom. The fraction of sp³-hybridized carbons (Fsp3) is 0.130. The highest BCUT2D eigenvalue weighted by Gasteiger charge is 2.12. The average Bonchev–Trinajstić information content (AvgIpc) is 2.70. The lowest BCUT2D eigenvalue weighted by molar-refractivity contribution is -0.697. The van der Waals surface area contributed by atoms with Crippen LogP contribution in [0.3, 0.4) is 0 Å². The van der Waals surface area contributed by atoms with Crippen molar-refractivity contribution < 1.29 is 9.67 Å². The number of fused-ring (bicyclic) bond motifs is 2. The normalized spacial score (nSPS) is 11.6. The van der Waals surface area contributed by atoms with Crippen molar-refractivity contribution in [2.24, 2.45) is 0 Å². The van der Waals surface area contributed by atoms with Crippen molar-refractivity contribution in [3.05, 3.63) is 84.3 Å². The average molecular weight is 341 g/mol. The number of aliphatic hydroxyl groups excluding tert-OH is 1. The molecule has 128 valence electrons. The van der Waals surface area contributed by atoms with Gasteiger partial charge in [-0.2, -0.15) is 4.57 Å². The Bertz CT molecular complexity index is 1080. The monoisotopic (exact) mass is 341 g/mol. The number of aliphatic hydroxyl groups is 1. The van der Waals surface area contributed by atoms with Crippen molar-refractivity contribution in [2.75, 3.05) is 6.61 Å². The molecule has 0 saturated heterocycles. The first-order valence-corrected chi connectivity index (χ1v) is 8.91. The first-order chi connectivity index (χ1) is 12.9. The SMILES string of the molecule is OCCC[n+]1ccc2ccccc2c1/C=C/c1ccnc2ccccc12. The van der Waals surface area contributed by atoms with E-state index in [1.807, 2.05) is 30.5 Å². The molecule has 0 spiro atoms. The number of nitrogens with zero attached hydrogens (tertiary/aromatic N) is 2. The van der Waals surface area contributed by atoms with E-state index in [2.05, 4.69) is 64.3 Å². The lowest BCUT2D eigenvalue weighted by atomic mass is 10.1. The van der Waals surface area contributed by atoms with Crippen molar-refractivity contribution >= 4 is 33.8 Å². The van der Waals surface area contributed by atoms with E-state index < -0.39 is 0 Å². The molecule has 1 N–H and O–H groups in total. The minimum atomic E-state index is 0.192. The molecule has 0 amide bonds. The van der Waals surface area contributed by atoms with E-state index in [1.165, 1.54) is 10.8 Å². The Morgan fingerprint density at radius 1 is 0.885 bits per heavy atom. The summed E-state index contributed by atoms with van der Waals surface area (Å²) in [6.45, 7) is 0.982. The zero-order valence-electron chi connectivity index (χ0n) is 14.5. The summed E-state index contributed by atoms with van der Waals surface area (Å²) >= 11 is 0. The highest BCUT2D eigenvalue weighted by Crippen LogP contribution is 2.21. The summed E-state index contributed by atoms with van der Waals surface area (Å²) in [6.07, 6.45) is 9.01. The largest absolute Gasteiger partial charge is 0.396 e. The lowest BCUT2D eigenvalue weighted by Crippen LogP contribution is -2.37. The predicted octanol–water partition coefficient (Wildman–Crippen LogP) is 4.23. The van der Waals surface area contributed by atoms with E-state index in [0.29, 0.717) is 0 Å². The summed E-state index contributed by atoms with van der Waals surface area (Å²) < 4.78 is 2.21. The summed E-state index contributed by atoms with van der Waals surface area (Å²) in [5, 5.41) is 12.8. The standard InChI is InChI=1S/C23H21N2O/c26-17-5-15-25-16-13-18-6-1-2-8-21(18)23(25)11-10-19-12-14-24-22-9-4-3-7-20(19)22/h1-4,6-14,16,26H,5,15,17H2/q+1/b11-10+. The maximum Gasteiger partial charge on any atom is 0.213 e. The molecule has 0 aliphatic heterocycles. The summed E-state index contributed by atoms with van der Waals surface area (Å²) in [5.41, 5.74) is 3.30. The highest BCUT2D eigenvalue weighted by molar-refractivity contribution is 5.93. The van der Waals surface area contributed by atoms with Crippen LogP contribution in [0.25, 0.3) is 33.8 Å². The van der Waals surface area contributed by atoms with Gasteiger partial charge in [-0.15, -0.1) is 0 Å². The van der Waals surface area contributed by atoms with Crippen molar-refractivity contribution in [3.63, 3.8) is 0 Å². The Balaban J connectivity index is 1.83. The second kappa shape index (κ2) is 7.46. The van der Waals surface area contributed by atoms with Crippen LogP contribution >= 0.6 is 0 Å². The molecule has 2 aromatic carbocycles. The summed E-state index contributed by atoms with van der Waals surface area (Å²) in [7, 11) is 0. The molecule has 0 aliphatic rings. The van der Waals surface area contributed by atoms with Crippen LogP contribution in [0.15, 0.2) is 73.1 Å². The van der Waals surface area contributed by atoms with Gasteiger partial charge in [-0.1, -0.05) is 36.4 Å². The van der Waals surface area contributed by atoms with Crippen LogP contribution in [-0.2, 0) is 6.54 Å². The molecule has 0 radical (unpaired) electrons. The molecule has 4 rings (SSSR count). The van der Waals surface area contributed by atoms with Crippen LogP contribution in [0, 0.1) is 0 Å². The molecule has 0 bridgehead atoms. The number of benzene rings is 2. The second-order valence-corrected chi connectivity index (χ2v) is 6.31. The van der Waals surface area contributed by atoms with Crippen LogP contribution in [0.4, 0.5) is 0 Å². The van der Waals surface area contributed by atoms with Crippen LogP contribution in [0.5, 0.6) is 0 Å². The van der Waals surface area contributed by atoms with Gasteiger partial charge in [0.25, 0.3) is 0 Å². The molecule has 2 aromatic heterocycles. The number of rotatable bonds is 5. The van der Waals surface area contributed by atoms with Gasteiger partial charge in [-0.05, 0) is 35.2 Å². The molecule has 3 nitrogen and oxygen atoms in total. The number of pyridine rings is 2. The number of para-hydroxylation sites is 1. The molecule has 4 aromatic rings. The zero-order chi connectivity index (χ0) is 17.8. The molecule has 26 heavy (non-hydrogen) atoms. The van der Waals surface area contributed by atoms with Crippen LogP contribution in [0.1, 0.15) is 17.7 Å². The molecule has 0 atom stereocenters. The number of aryl methyl sites for hydroxylation is 1. The van der Waals surface area contributed by atoms with Crippen molar-refractivity contribution in [1.29, 1.82) is 0 Å². The van der Waals surface area contributed by atoms with Gasteiger partial charge >= 0.3 is 0 Å². The molecule has 2 heterocycles. The quantitative estimate of drug-likeness (QED) is 0.552. The van der Waals surface area contributed by atoms with Crippen molar-refractivity contribution in [3.8, 4) is 0 Å². The third-order valence-electron chi connectivity index (χ3n) is 4.64. The third kappa shape index (κ3) is 3.22. The van der Waals surface area contributed by atoms with E-state index in [1.54, 1.807) is 0 Å². The third-order valence-corrected chi connectivity index (χ3v) is 4.64. The van der Waals surface area contributed by atoms with Gasteiger partial charge in [0.1, 0.15) is 0 Å². The molecular formula is C23H21N2O+. The van der Waals surface area contributed by atoms with Gasteiger partial charge in [0.15, 0.2) is 12.7 Å². The van der Waals surface area contributed by atoms with E-state index >= 15 is 0 Å². The summed E-state index contributed by atoms with van der Waals surface area (Å²) in [5.74, 6) is 0. The smallest absolute Gasteiger partial charge is 0.213 e. The van der Waals surface area contributed by atoms with Gasteiger partial charge in [0.2, 0.25) is 5.69 Å². The Kier molecular flexibility index (Phi) is 4.71. The maximum absolute atomic E-state index is 9.22. The van der Waals surface area contributed by atoms with E-state index in [0.717, 1.165) is 35.1 Å². The maximum atomic E-state index is 9.22. The first-order valence-electron chi connectivity index (χ1n) is 8.91. The Hall–Kier alpha value is -3.04. The molecule has 3 heteroatoms. The fourth-order valence-electron chi connectivity index (χ4n) is 3.33. The highest BCUT2D eigenvalue weighted by atomic mass is 16.3. The lowest BCUT2D eigenvalue weighted by Gasteiger charge is -2.05. The van der Waals surface area contributed by atoms with Crippen molar-refractivity contribution in [1.82, 2.24) is 4.98 Å². The van der Waals surface area contributed by atoms with Crippen LogP contribution in [-0.4, -0.2) is 16.7 Å². The van der Waals surface area contributed by atoms with E-state index in [4.69, 9.17) is 0 Å². The zero-order valence-corrected chi connectivity index (χ0v) is 14.5. The molecular weight excluding hydrogens is 320 g/mol. The summed E-state index contributed by atoms with van der Waals surface area (Å²) in [6, 6.07) is 20.8. The van der Waals surface area contributed by atoms with Gasteiger partial charge in [0.05, 0.1) is 10.9 Å². The minimum absolute atomic E-state index is 0.192. The molecule has 0 unspecified atom stereocenters. The van der Waals surface area contributed by atoms with Crippen LogP contribution in [0.2, 0.25) is 0 Å². The molecule has 0 aliphatic carbocycles. The number of aromatic nitrogens is 2. The Morgan fingerprint density at radius 2 is 1.69 bits per heavy atom. The minimum Gasteiger partial charge on any atom is -0.396 e. The molecule has 0 saturated carbocycles. The Labute approximate surface area is 152 Å². The van der Waals surface area contributed by atoms with E-state index in [9.17, 15) is 5.11 Å². The fourth-order valence-corrected chi connectivity index (χ4v) is 3.33. The van der Waals surface area contributed by atoms with Crippen molar-refractivity contribution in [2.45, 2.75) is 13.0 Å². The van der Waals surface area contributed by atoms with E-state index in [-0.39, 0.29) is 6.61 Å². The number of hydrogen-bond donors (Lipinski definition) is 1.